The molecule has 0 radical (unpaired) electrons. The van der Waals surface area contributed by atoms with Crippen LogP contribution in [0.4, 0.5) is 5.69 Å². The molecule has 0 aliphatic carbocycles. The van der Waals surface area contributed by atoms with E-state index in [1.165, 1.54) is 36.4 Å². The van der Waals surface area contributed by atoms with Gasteiger partial charge in [0, 0.05) is 5.69 Å². The minimum atomic E-state index is -3.82. The highest BCUT2D eigenvalue weighted by Crippen LogP contribution is 2.24. The average molecular weight is 299 g/mol. The van der Waals surface area contributed by atoms with Crippen molar-refractivity contribution in [2.75, 3.05) is 4.72 Å². The van der Waals surface area contributed by atoms with Gasteiger partial charge in [-0.3, -0.25) is 4.72 Å². The van der Waals surface area contributed by atoms with Gasteiger partial charge in [0.25, 0.3) is 10.0 Å². The molecule has 0 atom stereocenters. The van der Waals surface area contributed by atoms with Crippen molar-refractivity contribution in [3.05, 3.63) is 41.3 Å². The molecule has 2 aromatic rings. The molecule has 0 aliphatic rings. The summed E-state index contributed by atoms with van der Waals surface area (Å²) < 4.78 is 26.1. The van der Waals surface area contributed by atoms with Crippen LogP contribution in [0.25, 0.3) is 0 Å². The number of carboxylic acid groups (broad SMARTS) is 1. The minimum Gasteiger partial charge on any atom is -0.508 e. The number of carboxylic acids is 1. The fraction of sp³-hybridized carbons (Fsp3) is 0. The Morgan fingerprint density at radius 1 is 1.11 bits per heavy atom. The van der Waals surface area contributed by atoms with Crippen LogP contribution in [0.5, 0.6) is 5.75 Å². The van der Waals surface area contributed by atoms with Crippen molar-refractivity contribution in [1.29, 1.82) is 0 Å². The van der Waals surface area contributed by atoms with Gasteiger partial charge in [-0.05, 0) is 36.4 Å². The molecule has 1 aromatic carbocycles. The molecule has 0 unspecified atom stereocenters. The van der Waals surface area contributed by atoms with E-state index in [2.05, 4.69) is 4.72 Å². The maximum absolute atomic E-state index is 12.0. The van der Waals surface area contributed by atoms with Crippen molar-refractivity contribution < 1.29 is 23.4 Å². The van der Waals surface area contributed by atoms with Gasteiger partial charge in [0.15, 0.2) is 0 Å². The lowest BCUT2D eigenvalue weighted by atomic mass is 10.3. The van der Waals surface area contributed by atoms with Crippen molar-refractivity contribution in [3.8, 4) is 5.75 Å². The molecule has 0 saturated heterocycles. The summed E-state index contributed by atoms with van der Waals surface area (Å²) in [6, 6.07) is 7.95. The fourth-order valence-corrected chi connectivity index (χ4v) is 3.52. The molecule has 8 heteroatoms. The lowest BCUT2D eigenvalue weighted by molar-refractivity contribution is 0.0702. The van der Waals surface area contributed by atoms with Crippen LogP contribution >= 0.6 is 11.3 Å². The molecule has 0 bridgehead atoms. The first-order chi connectivity index (χ1) is 8.88. The van der Waals surface area contributed by atoms with E-state index in [4.69, 9.17) is 10.2 Å². The number of sulfonamides is 1. The minimum absolute atomic E-state index is 0.0206. The third kappa shape index (κ3) is 3.04. The maximum atomic E-state index is 12.0. The van der Waals surface area contributed by atoms with Crippen molar-refractivity contribution in [1.82, 2.24) is 0 Å². The van der Waals surface area contributed by atoms with E-state index in [1.807, 2.05) is 0 Å². The predicted molar refractivity (Wildman–Crippen MR) is 70.2 cm³/mol. The zero-order chi connectivity index (χ0) is 14.0. The van der Waals surface area contributed by atoms with E-state index in [-0.39, 0.29) is 20.5 Å². The molecule has 0 saturated carbocycles. The molecular weight excluding hydrogens is 290 g/mol. The number of phenols is 1. The zero-order valence-electron chi connectivity index (χ0n) is 9.40. The third-order valence-corrected chi connectivity index (χ3v) is 5.12. The lowest BCUT2D eigenvalue weighted by Crippen LogP contribution is -2.11. The maximum Gasteiger partial charge on any atom is 0.345 e. The van der Waals surface area contributed by atoms with Crippen LogP contribution in [0.15, 0.2) is 40.6 Å². The van der Waals surface area contributed by atoms with E-state index in [1.54, 1.807) is 0 Å². The summed E-state index contributed by atoms with van der Waals surface area (Å²) in [6.45, 7) is 0. The quantitative estimate of drug-likeness (QED) is 0.749. The summed E-state index contributed by atoms with van der Waals surface area (Å²) in [6.07, 6.45) is 0. The second-order valence-corrected chi connectivity index (χ2v) is 6.57. The topological polar surface area (TPSA) is 104 Å². The van der Waals surface area contributed by atoms with Crippen LogP contribution in [0, 0.1) is 0 Å². The highest BCUT2D eigenvalue weighted by Gasteiger charge is 2.19. The number of rotatable bonds is 4. The highest BCUT2D eigenvalue weighted by molar-refractivity contribution is 7.94. The summed E-state index contributed by atoms with van der Waals surface area (Å²) in [4.78, 5) is 10.7. The van der Waals surface area contributed by atoms with Gasteiger partial charge < -0.3 is 10.2 Å². The zero-order valence-corrected chi connectivity index (χ0v) is 11.0. The van der Waals surface area contributed by atoms with Gasteiger partial charge in [0.2, 0.25) is 0 Å². The summed E-state index contributed by atoms with van der Waals surface area (Å²) in [5, 5.41) is 17.8. The number of nitrogens with one attached hydrogen (secondary N) is 1. The fourth-order valence-electron chi connectivity index (χ4n) is 1.31. The number of anilines is 1. The van der Waals surface area contributed by atoms with Crippen LogP contribution in [-0.2, 0) is 10.0 Å². The van der Waals surface area contributed by atoms with Gasteiger partial charge in [-0.1, -0.05) is 0 Å². The Hall–Kier alpha value is -2.06. The second kappa shape index (κ2) is 4.90. The number of benzene rings is 1. The Bertz CT molecular complexity index is 703. The summed E-state index contributed by atoms with van der Waals surface area (Å²) in [5.41, 5.74) is 0.281. The molecule has 2 rings (SSSR count). The number of phenolic OH excluding ortho intramolecular Hbond substituents is 1. The molecule has 3 N–H and O–H groups in total. The summed E-state index contributed by atoms with van der Waals surface area (Å²) in [7, 11) is -3.82. The van der Waals surface area contributed by atoms with Crippen LogP contribution in [0.2, 0.25) is 0 Å². The molecule has 0 fully saturated rings. The van der Waals surface area contributed by atoms with Crippen molar-refractivity contribution in [2.45, 2.75) is 4.21 Å². The molecule has 1 heterocycles. The van der Waals surface area contributed by atoms with Crippen LogP contribution in [0.1, 0.15) is 9.67 Å². The van der Waals surface area contributed by atoms with Gasteiger partial charge >= 0.3 is 5.97 Å². The van der Waals surface area contributed by atoms with Crippen LogP contribution < -0.4 is 4.72 Å². The Morgan fingerprint density at radius 3 is 2.26 bits per heavy atom. The van der Waals surface area contributed by atoms with Crippen molar-refractivity contribution in [3.63, 3.8) is 0 Å². The molecule has 6 nitrogen and oxygen atoms in total. The second-order valence-electron chi connectivity index (χ2n) is 3.58. The first-order valence-corrected chi connectivity index (χ1v) is 7.33. The largest absolute Gasteiger partial charge is 0.508 e. The van der Waals surface area contributed by atoms with Gasteiger partial charge in [-0.2, -0.15) is 0 Å². The van der Waals surface area contributed by atoms with Crippen LogP contribution in [0.3, 0.4) is 0 Å². The summed E-state index contributed by atoms with van der Waals surface area (Å²) in [5.74, 6) is -1.15. The number of hydrogen-bond donors (Lipinski definition) is 3. The van der Waals surface area contributed by atoms with Gasteiger partial charge in [0.1, 0.15) is 14.8 Å². The number of hydrogen-bond acceptors (Lipinski definition) is 5. The molecule has 100 valence electrons. The SMILES string of the molecule is O=C(O)c1ccc(S(=O)(=O)Nc2ccc(O)cc2)s1. The monoisotopic (exact) mass is 299 g/mol. The Balaban J connectivity index is 2.26. The van der Waals surface area contributed by atoms with E-state index >= 15 is 0 Å². The normalized spacial score (nSPS) is 11.2. The third-order valence-electron chi connectivity index (χ3n) is 2.18. The number of aromatic hydroxyl groups is 1. The average Bonchev–Trinajstić information content (AvgIpc) is 2.82. The Morgan fingerprint density at radius 2 is 1.74 bits per heavy atom. The smallest absolute Gasteiger partial charge is 0.345 e. The lowest BCUT2D eigenvalue weighted by Gasteiger charge is -2.05. The van der Waals surface area contributed by atoms with E-state index < -0.39 is 16.0 Å². The first kappa shape index (κ1) is 13.4. The first-order valence-electron chi connectivity index (χ1n) is 5.03. The standard InChI is InChI=1S/C11H9NO5S2/c13-8-3-1-7(2-4-8)12-19(16,17)10-6-5-9(18-10)11(14)15/h1-6,12-13H,(H,14,15). The summed E-state index contributed by atoms with van der Waals surface area (Å²) >= 11 is 0.671. The van der Waals surface area contributed by atoms with Gasteiger partial charge in [0.05, 0.1) is 0 Å². The highest BCUT2D eigenvalue weighted by atomic mass is 32.2. The van der Waals surface area contributed by atoms with Crippen molar-refractivity contribution >= 4 is 33.0 Å². The van der Waals surface area contributed by atoms with E-state index in [0.29, 0.717) is 11.3 Å². The Labute approximate surface area is 113 Å². The van der Waals surface area contributed by atoms with Gasteiger partial charge in [-0.25, -0.2) is 13.2 Å². The molecule has 1 aromatic heterocycles. The molecule has 0 spiro atoms. The van der Waals surface area contributed by atoms with E-state index in [9.17, 15) is 13.2 Å². The van der Waals surface area contributed by atoms with Gasteiger partial charge in [-0.15, -0.1) is 11.3 Å². The Kier molecular flexibility index (Phi) is 3.45. The number of aromatic carboxylic acids is 1. The molecular formula is C11H9NO5S2. The molecule has 19 heavy (non-hydrogen) atoms. The number of carbonyl (C=O) groups is 1. The molecule has 0 amide bonds. The van der Waals surface area contributed by atoms with Crippen LogP contribution in [-0.4, -0.2) is 24.6 Å². The number of thiophene rings is 1. The van der Waals surface area contributed by atoms with Crippen molar-refractivity contribution in [2.24, 2.45) is 0 Å². The van der Waals surface area contributed by atoms with E-state index in [0.717, 1.165) is 0 Å². The molecule has 0 aliphatic heterocycles. The predicted octanol–water partition coefficient (Wildman–Crippen LogP) is 1.95.